The molecule has 150 valence electrons. The third-order valence-electron chi connectivity index (χ3n) is 5.55. The molecule has 2 amide bonds. The van der Waals surface area contributed by atoms with Gasteiger partial charge in [-0.1, -0.05) is 42.5 Å². The number of likely N-dealkylation sites (tertiary alicyclic amines) is 1. The number of benzene rings is 2. The predicted octanol–water partition coefficient (Wildman–Crippen LogP) is 4.26. The molecule has 29 heavy (non-hydrogen) atoms. The van der Waals surface area contributed by atoms with E-state index in [0.717, 1.165) is 36.3 Å². The van der Waals surface area contributed by atoms with Crippen LogP contribution in [0.15, 0.2) is 60.7 Å². The third kappa shape index (κ3) is 4.67. The summed E-state index contributed by atoms with van der Waals surface area (Å²) >= 11 is 0. The molecule has 0 radical (unpaired) electrons. The maximum absolute atomic E-state index is 12.7. The molecule has 0 bridgehead atoms. The van der Waals surface area contributed by atoms with Crippen LogP contribution in [0.1, 0.15) is 37.7 Å². The van der Waals surface area contributed by atoms with E-state index in [1.165, 1.54) is 0 Å². The number of para-hydroxylation sites is 2. The number of anilines is 1. The van der Waals surface area contributed by atoms with E-state index in [1.807, 2.05) is 65.6 Å². The van der Waals surface area contributed by atoms with E-state index in [-0.39, 0.29) is 11.8 Å². The lowest BCUT2D eigenvalue weighted by Crippen LogP contribution is -2.50. The van der Waals surface area contributed by atoms with E-state index in [0.29, 0.717) is 25.9 Å². The fourth-order valence-corrected chi connectivity index (χ4v) is 3.91. The number of fused-ring (bicyclic) bond motifs is 1. The summed E-state index contributed by atoms with van der Waals surface area (Å²) in [5, 5.41) is 2.89. The number of hydrogen-bond donors (Lipinski definition) is 1. The van der Waals surface area contributed by atoms with Crippen molar-refractivity contribution in [2.75, 3.05) is 18.4 Å². The fourth-order valence-electron chi connectivity index (χ4n) is 3.91. The molecular weight excluding hydrogens is 364 g/mol. The molecule has 5 nitrogen and oxygen atoms in total. The Hall–Kier alpha value is -3.08. The van der Waals surface area contributed by atoms with Crippen molar-refractivity contribution in [3.05, 3.63) is 66.2 Å². The molecule has 1 unspecified atom stereocenters. The summed E-state index contributed by atoms with van der Waals surface area (Å²) in [5.74, 6) is 0.981. The summed E-state index contributed by atoms with van der Waals surface area (Å²) in [5.41, 5.74) is 1.36. The van der Waals surface area contributed by atoms with Crippen molar-refractivity contribution in [1.29, 1.82) is 0 Å². The van der Waals surface area contributed by atoms with E-state index in [2.05, 4.69) is 11.4 Å². The van der Waals surface area contributed by atoms with Crippen LogP contribution in [0.3, 0.4) is 0 Å². The number of nitrogens with zero attached hydrogens (tertiary/aromatic N) is 1. The standard InChI is InChI=1S/C24H26N2O3/c27-22(25-20-9-2-1-3-10-20)12-6-7-16-26-17-15-24(18-23(26)28)14-13-19-8-4-5-11-21(19)29-24/h1-5,8-11,13-14H,6-7,12,15-18H2,(H,25,27). The average Bonchev–Trinajstić information content (AvgIpc) is 2.73. The summed E-state index contributed by atoms with van der Waals surface area (Å²) < 4.78 is 6.21. The molecule has 5 heteroatoms. The van der Waals surface area contributed by atoms with Crippen molar-refractivity contribution >= 4 is 23.6 Å². The molecule has 0 saturated carbocycles. The lowest BCUT2D eigenvalue weighted by Gasteiger charge is -2.41. The van der Waals surface area contributed by atoms with E-state index in [4.69, 9.17) is 4.74 Å². The summed E-state index contributed by atoms with van der Waals surface area (Å²) in [7, 11) is 0. The van der Waals surface area contributed by atoms with Crippen LogP contribution in [0.25, 0.3) is 6.08 Å². The minimum Gasteiger partial charge on any atom is -0.482 e. The van der Waals surface area contributed by atoms with Crippen molar-refractivity contribution in [3.8, 4) is 5.75 Å². The molecule has 0 aliphatic carbocycles. The van der Waals surface area contributed by atoms with Gasteiger partial charge >= 0.3 is 0 Å². The highest BCUT2D eigenvalue weighted by Gasteiger charge is 2.40. The number of ether oxygens (including phenoxy) is 1. The largest absolute Gasteiger partial charge is 0.482 e. The van der Waals surface area contributed by atoms with E-state index in [1.54, 1.807) is 0 Å². The number of carbonyl (C=O) groups excluding carboxylic acids is 2. The number of hydrogen-bond acceptors (Lipinski definition) is 3. The molecular formula is C24H26N2O3. The number of carbonyl (C=O) groups is 2. The van der Waals surface area contributed by atoms with Gasteiger partial charge in [0.25, 0.3) is 0 Å². The van der Waals surface area contributed by atoms with Crippen molar-refractivity contribution in [2.24, 2.45) is 0 Å². The molecule has 1 saturated heterocycles. The van der Waals surface area contributed by atoms with Gasteiger partial charge in [0.2, 0.25) is 11.8 Å². The van der Waals surface area contributed by atoms with Crippen LogP contribution in [-0.2, 0) is 9.59 Å². The molecule has 1 spiro atoms. The summed E-state index contributed by atoms with van der Waals surface area (Å²) in [6.07, 6.45) is 7.30. The number of amides is 2. The van der Waals surface area contributed by atoms with Gasteiger partial charge in [0.05, 0.1) is 6.42 Å². The van der Waals surface area contributed by atoms with Crippen molar-refractivity contribution < 1.29 is 14.3 Å². The minimum absolute atomic E-state index is 0.0135. The Balaban J connectivity index is 1.21. The van der Waals surface area contributed by atoms with Gasteiger partial charge < -0.3 is 15.0 Å². The molecule has 1 N–H and O–H groups in total. The molecule has 1 fully saturated rings. The second-order valence-electron chi connectivity index (χ2n) is 7.72. The van der Waals surface area contributed by atoms with Crippen molar-refractivity contribution in [2.45, 2.75) is 37.7 Å². The zero-order chi connectivity index (χ0) is 20.1. The highest BCUT2D eigenvalue weighted by molar-refractivity contribution is 5.90. The maximum atomic E-state index is 12.7. The van der Waals surface area contributed by atoms with Gasteiger partial charge in [-0.15, -0.1) is 0 Å². The number of piperidine rings is 1. The van der Waals surface area contributed by atoms with Crippen LogP contribution in [0.5, 0.6) is 5.75 Å². The van der Waals surface area contributed by atoms with Crippen LogP contribution in [0.4, 0.5) is 5.69 Å². The smallest absolute Gasteiger partial charge is 0.226 e. The van der Waals surface area contributed by atoms with Gasteiger partial charge in [-0.05, 0) is 37.1 Å². The third-order valence-corrected chi connectivity index (χ3v) is 5.55. The second-order valence-corrected chi connectivity index (χ2v) is 7.72. The van der Waals surface area contributed by atoms with Crippen LogP contribution < -0.4 is 10.1 Å². The molecule has 2 aromatic rings. The molecule has 2 aliphatic rings. The Morgan fingerprint density at radius 2 is 1.86 bits per heavy atom. The van der Waals surface area contributed by atoms with Crippen molar-refractivity contribution in [1.82, 2.24) is 4.90 Å². The van der Waals surface area contributed by atoms with Gasteiger partial charge in [0.15, 0.2) is 0 Å². The van der Waals surface area contributed by atoms with Gasteiger partial charge in [0, 0.05) is 37.2 Å². The monoisotopic (exact) mass is 390 g/mol. The molecule has 2 aliphatic heterocycles. The highest BCUT2D eigenvalue weighted by Crippen LogP contribution is 2.37. The fraction of sp³-hybridized carbons (Fsp3) is 0.333. The maximum Gasteiger partial charge on any atom is 0.226 e. The van der Waals surface area contributed by atoms with Crippen LogP contribution in [-0.4, -0.2) is 35.4 Å². The molecule has 2 aromatic carbocycles. The summed E-state index contributed by atoms with van der Waals surface area (Å²) in [6, 6.07) is 17.4. The Morgan fingerprint density at radius 3 is 2.69 bits per heavy atom. The SMILES string of the molecule is O=C(CCCCN1CCC2(C=Cc3ccccc3O2)CC1=O)Nc1ccccc1. The quantitative estimate of drug-likeness (QED) is 0.750. The highest BCUT2D eigenvalue weighted by atomic mass is 16.5. The zero-order valence-electron chi connectivity index (χ0n) is 16.5. The number of rotatable bonds is 6. The molecule has 4 rings (SSSR count). The van der Waals surface area contributed by atoms with Crippen LogP contribution >= 0.6 is 0 Å². The summed E-state index contributed by atoms with van der Waals surface area (Å²) in [4.78, 5) is 26.6. The predicted molar refractivity (Wildman–Crippen MR) is 114 cm³/mol. The van der Waals surface area contributed by atoms with Crippen LogP contribution in [0, 0.1) is 0 Å². The Bertz CT molecular complexity index is 909. The van der Waals surface area contributed by atoms with Crippen molar-refractivity contribution in [3.63, 3.8) is 0 Å². The van der Waals surface area contributed by atoms with E-state index >= 15 is 0 Å². The number of nitrogens with one attached hydrogen (secondary N) is 1. The van der Waals surface area contributed by atoms with E-state index < -0.39 is 5.60 Å². The van der Waals surface area contributed by atoms with Gasteiger partial charge in [-0.3, -0.25) is 9.59 Å². The topological polar surface area (TPSA) is 58.6 Å². The first-order valence-corrected chi connectivity index (χ1v) is 10.2. The van der Waals surface area contributed by atoms with Gasteiger partial charge in [-0.2, -0.15) is 0 Å². The van der Waals surface area contributed by atoms with E-state index in [9.17, 15) is 9.59 Å². The Labute approximate surface area is 171 Å². The lowest BCUT2D eigenvalue weighted by molar-refractivity contribution is -0.139. The summed E-state index contributed by atoms with van der Waals surface area (Å²) in [6.45, 7) is 1.37. The lowest BCUT2D eigenvalue weighted by atomic mass is 9.87. The first-order chi connectivity index (χ1) is 14.1. The molecule has 1 atom stereocenters. The first kappa shape index (κ1) is 19.2. The Morgan fingerprint density at radius 1 is 1.07 bits per heavy atom. The van der Waals surface area contributed by atoms with Crippen LogP contribution in [0.2, 0.25) is 0 Å². The molecule has 2 heterocycles. The first-order valence-electron chi connectivity index (χ1n) is 10.2. The minimum atomic E-state index is -0.516. The second kappa shape index (κ2) is 8.52. The normalized spacial score (nSPS) is 20.3. The zero-order valence-corrected chi connectivity index (χ0v) is 16.5. The van der Waals surface area contributed by atoms with Gasteiger partial charge in [0.1, 0.15) is 11.4 Å². The number of unbranched alkanes of at least 4 members (excludes halogenated alkanes) is 1. The average molecular weight is 390 g/mol. The van der Waals surface area contributed by atoms with Gasteiger partial charge in [-0.25, -0.2) is 0 Å². The Kier molecular flexibility index (Phi) is 5.65. The molecule has 0 aromatic heterocycles.